The molecule has 29 heavy (non-hydrogen) atoms. The van der Waals surface area contributed by atoms with Crippen LogP contribution in [0, 0.1) is 0 Å². The molecule has 0 saturated carbocycles. The van der Waals surface area contributed by atoms with E-state index in [1.807, 2.05) is 18.2 Å². The van der Waals surface area contributed by atoms with Gasteiger partial charge in [-0.3, -0.25) is 9.59 Å². The molecule has 2 atom stereocenters. The van der Waals surface area contributed by atoms with Gasteiger partial charge < -0.3 is 25.0 Å². The Labute approximate surface area is 171 Å². The Kier molecular flexibility index (Phi) is 6.72. The molecule has 2 aromatic rings. The predicted octanol–water partition coefficient (Wildman–Crippen LogP) is 1.42. The van der Waals surface area contributed by atoms with Gasteiger partial charge in [0.05, 0.1) is 26.3 Å². The molecular formula is C22H28N3O4+. The van der Waals surface area contributed by atoms with Gasteiger partial charge in [0.1, 0.15) is 17.5 Å². The van der Waals surface area contributed by atoms with Crippen molar-refractivity contribution in [2.45, 2.75) is 18.9 Å². The number of likely N-dealkylation sites (tertiary alicyclic amines) is 1. The van der Waals surface area contributed by atoms with Crippen LogP contribution in [0.25, 0.3) is 0 Å². The number of amides is 2. The van der Waals surface area contributed by atoms with E-state index < -0.39 is 0 Å². The number of rotatable bonds is 7. The van der Waals surface area contributed by atoms with E-state index in [0.29, 0.717) is 17.8 Å². The number of benzene rings is 2. The Morgan fingerprint density at radius 1 is 1.14 bits per heavy atom. The maximum absolute atomic E-state index is 12.7. The van der Waals surface area contributed by atoms with Crippen LogP contribution in [0.5, 0.6) is 11.5 Å². The van der Waals surface area contributed by atoms with E-state index in [1.54, 1.807) is 45.5 Å². The second-order valence-electron chi connectivity index (χ2n) is 7.10. The van der Waals surface area contributed by atoms with Gasteiger partial charge in [0, 0.05) is 37.2 Å². The van der Waals surface area contributed by atoms with Gasteiger partial charge in [0.25, 0.3) is 11.8 Å². The lowest BCUT2D eigenvalue weighted by atomic mass is 10.0. The highest BCUT2D eigenvalue weighted by Crippen LogP contribution is 2.31. The number of carbonyl (C=O) groups is 2. The minimum Gasteiger partial charge on any atom is -0.497 e. The lowest BCUT2D eigenvalue weighted by molar-refractivity contribution is -0.910. The number of nitrogens with one attached hydrogen (secondary N) is 3. The summed E-state index contributed by atoms with van der Waals surface area (Å²) in [7, 11) is 4.86. The number of hydrogen-bond acceptors (Lipinski definition) is 4. The summed E-state index contributed by atoms with van der Waals surface area (Å²) in [5, 5.41) is 5.50. The van der Waals surface area contributed by atoms with Gasteiger partial charge >= 0.3 is 0 Å². The molecule has 1 fully saturated rings. The number of hydrogen-bond donors (Lipinski definition) is 3. The first-order valence-corrected chi connectivity index (χ1v) is 9.74. The van der Waals surface area contributed by atoms with E-state index in [0.717, 1.165) is 36.4 Å². The zero-order chi connectivity index (χ0) is 20.8. The zero-order valence-electron chi connectivity index (χ0n) is 17.1. The molecule has 1 aliphatic rings. The van der Waals surface area contributed by atoms with E-state index in [4.69, 9.17) is 9.47 Å². The Balaban J connectivity index is 1.70. The molecule has 154 valence electrons. The quantitative estimate of drug-likeness (QED) is 0.659. The summed E-state index contributed by atoms with van der Waals surface area (Å²) in [5.41, 5.74) is 2.23. The van der Waals surface area contributed by atoms with Crippen molar-refractivity contribution in [3.63, 3.8) is 0 Å². The molecule has 7 heteroatoms. The van der Waals surface area contributed by atoms with Crippen LogP contribution >= 0.6 is 0 Å². The van der Waals surface area contributed by atoms with Crippen molar-refractivity contribution >= 4 is 17.5 Å². The van der Waals surface area contributed by atoms with Crippen molar-refractivity contribution in [1.29, 1.82) is 0 Å². The van der Waals surface area contributed by atoms with Crippen molar-refractivity contribution in [3.8, 4) is 11.5 Å². The minimum absolute atomic E-state index is 0.0755. The lowest BCUT2D eigenvalue weighted by Gasteiger charge is -2.23. The van der Waals surface area contributed by atoms with Crippen LogP contribution in [-0.2, 0) is 4.79 Å². The molecule has 2 amide bonds. The van der Waals surface area contributed by atoms with Gasteiger partial charge in [-0.25, -0.2) is 0 Å². The molecule has 1 unspecified atom stereocenters. The smallest absolute Gasteiger partial charge is 0.279 e. The van der Waals surface area contributed by atoms with Crippen LogP contribution in [0.3, 0.4) is 0 Å². The third kappa shape index (κ3) is 4.86. The summed E-state index contributed by atoms with van der Waals surface area (Å²) in [5.74, 6) is 1.28. The van der Waals surface area contributed by atoms with E-state index in [2.05, 4.69) is 10.6 Å². The normalized spacial score (nSPS) is 18.2. The minimum atomic E-state index is -0.182. The van der Waals surface area contributed by atoms with Gasteiger partial charge in [-0.05, 0) is 30.3 Å². The fourth-order valence-corrected chi connectivity index (χ4v) is 3.90. The predicted molar refractivity (Wildman–Crippen MR) is 111 cm³/mol. The van der Waals surface area contributed by atoms with Crippen LogP contribution in [0.2, 0.25) is 0 Å². The van der Waals surface area contributed by atoms with Gasteiger partial charge in [-0.15, -0.1) is 0 Å². The highest BCUT2D eigenvalue weighted by atomic mass is 16.5. The van der Waals surface area contributed by atoms with Crippen molar-refractivity contribution in [2.24, 2.45) is 0 Å². The van der Waals surface area contributed by atoms with Gasteiger partial charge in [0.2, 0.25) is 0 Å². The average molecular weight is 398 g/mol. The van der Waals surface area contributed by atoms with Crippen molar-refractivity contribution < 1.29 is 24.0 Å². The third-order valence-corrected chi connectivity index (χ3v) is 5.32. The van der Waals surface area contributed by atoms with E-state index in [9.17, 15) is 9.59 Å². The highest BCUT2D eigenvalue weighted by molar-refractivity contribution is 5.97. The number of methoxy groups -OCH3 is 2. The van der Waals surface area contributed by atoms with Crippen molar-refractivity contribution in [2.75, 3.05) is 39.7 Å². The summed E-state index contributed by atoms with van der Waals surface area (Å²) in [6.45, 7) is 1.27. The maximum atomic E-state index is 12.7. The highest BCUT2D eigenvalue weighted by Gasteiger charge is 2.33. The fraction of sp³-hybridized carbons (Fsp3) is 0.364. The summed E-state index contributed by atoms with van der Waals surface area (Å²) < 4.78 is 10.9. The number of carbonyl (C=O) groups excluding carboxylic acids is 2. The Bertz CT molecular complexity index is 884. The summed E-state index contributed by atoms with van der Waals surface area (Å²) in [6.07, 6.45) is 2.05. The molecule has 0 spiro atoms. The Morgan fingerprint density at radius 3 is 2.69 bits per heavy atom. The average Bonchev–Trinajstić information content (AvgIpc) is 3.20. The summed E-state index contributed by atoms with van der Waals surface area (Å²) in [6, 6.07) is 13.0. The van der Waals surface area contributed by atoms with E-state index in [1.165, 1.54) is 4.90 Å². The largest absolute Gasteiger partial charge is 0.497 e. The molecule has 1 heterocycles. The number of quaternary nitrogens is 1. The topological polar surface area (TPSA) is 81.1 Å². The summed E-state index contributed by atoms with van der Waals surface area (Å²) in [4.78, 5) is 25.7. The molecule has 0 bridgehead atoms. The zero-order valence-corrected chi connectivity index (χ0v) is 17.1. The monoisotopic (exact) mass is 398 g/mol. The molecule has 3 rings (SSSR count). The fourth-order valence-electron chi connectivity index (χ4n) is 3.90. The van der Waals surface area contributed by atoms with Crippen LogP contribution in [0.4, 0.5) is 5.69 Å². The molecule has 1 saturated heterocycles. The van der Waals surface area contributed by atoms with Gasteiger partial charge in [-0.1, -0.05) is 6.07 Å². The Morgan fingerprint density at radius 2 is 1.97 bits per heavy atom. The van der Waals surface area contributed by atoms with E-state index >= 15 is 0 Å². The molecule has 7 nitrogen and oxygen atoms in total. The van der Waals surface area contributed by atoms with Crippen molar-refractivity contribution in [1.82, 2.24) is 5.32 Å². The SMILES string of the molecule is CNC(=O)c1cccc(NC(=O)C[NH+]2CCC[C@@H]2c2ccc(OC)cc2OC)c1. The molecule has 3 N–H and O–H groups in total. The molecule has 0 aromatic heterocycles. The summed E-state index contributed by atoms with van der Waals surface area (Å²) >= 11 is 0. The van der Waals surface area contributed by atoms with Crippen LogP contribution in [0.15, 0.2) is 42.5 Å². The molecular weight excluding hydrogens is 370 g/mol. The molecule has 1 aliphatic heterocycles. The first kappa shape index (κ1) is 20.7. The maximum Gasteiger partial charge on any atom is 0.279 e. The first-order valence-electron chi connectivity index (χ1n) is 9.74. The third-order valence-electron chi connectivity index (χ3n) is 5.32. The van der Waals surface area contributed by atoms with Gasteiger partial charge in [0.15, 0.2) is 6.54 Å². The lowest BCUT2D eigenvalue weighted by Crippen LogP contribution is -3.11. The van der Waals surface area contributed by atoms with Gasteiger partial charge in [-0.2, -0.15) is 0 Å². The molecule has 0 aliphatic carbocycles. The van der Waals surface area contributed by atoms with Crippen LogP contribution in [-0.4, -0.2) is 46.2 Å². The van der Waals surface area contributed by atoms with E-state index in [-0.39, 0.29) is 17.9 Å². The number of ether oxygens (including phenoxy) is 2. The second kappa shape index (κ2) is 9.43. The standard InChI is InChI=1S/C22H27N3O4/c1-23-22(27)15-6-4-7-16(12-15)24-21(26)14-25-11-5-8-19(25)18-10-9-17(28-2)13-20(18)29-3/h4,6-7,9-10,12-13,19H,5,8,11,14H2,1-3H3,(H,23,27)(H,24,26)/p+1/t19-/m1/s1. The van der Waals surface area contributed by atoms with Crippen LogP contribution in [0.1, 0.15) is 34.8 Å². The first-order chi connectivity index (χ1) is 14.0. The van der Waals surface area contributed by atoms with Crippen molar-refractivity contribution in [3.05, 3.63) is 53.6 Å². The van der Waals surface area contributed by atoms with Crippen LogP contribution < -0.4 is 25.0 Å². The molecule has 0 radical (unpaired) electrons. The molecule has 2 aromatic carbocycles. The number of anilines is 1. The second-order valence-corrected chi connectivity index (χ2v) is 7.10. The Hall–Kier alpha value is -3.06.